The lowest BCUT2D eigenvalue weighted by atomic mass is 9.75. The summed E-state index contributed by atoms with van der Waals surface area (Å²) in [6.07, 6.45) is 1.81. The van der Waals surface area contributed by atoms with Gasteiger partial charge in [-0.25, -0.2) is 8.78 Å². The van der Waals surface area contributed by atoms with Crippen LogP contribution in [0.3, 0.4) is 0 Å². The van der Waals surface area contributed by atoms with Crippen LogP contribution in [0.2, 0.25) is 0 Å². The maximum atomic E-state index is 13.6. The van der Waals surface area contributed by atoms with Gasteiger partial charge >= 0.3 is 0 Å². The van der Waals surface area contributed by atoms with Crippen molar-refractivity contribution in [3.05, 3.63) is 59.7 Å². The Morgan fingerprint density at radius 1 is 1.10 bits per heavy atom. The van der Waals surface area contributed by atoms with E-state index in [4.69, 9.17) is 4.74 Å². The summed E-state index contributed by atoms with van der Waals surface area (Å²) in [5.74, 6) is -0.333. The topological polar surface area (TPSA) is 21.3 Å². The van der Waals surface area contributed by atoms with E-state index >= 15 is 0 Å². The third kappa shape index (κ3) is 2.84. The largest absolute Gasteiger partial charge is 0.497 e. The second kappa shape index (κ2) is 5.72. The first-order valence-corrected chi connectivity index (χ1v) is 7.02. The van der Waals surface area contributed by atoms with E-state index in [0.717, 1.165) is 24.7 Å². The van der Waals surface area contributed by atoms with Gasteiger partial charge in [-0.2, -0.15) is 0 Å². The van der Waals surface area contributed by atoms with Gasteiger partial charge in [-0.1, -0.05) is 18.2 Å². The molecule has 0 aliphatic heterocycles. The Morgan fingerprint density at radius 3 is 2.62 bits per heavy atom. The van der Waals surface area contributed by atoms with Crippen molar-refractivity contribution in [3.63, 3.8) is 0 Å². The zero-order valence-corrected chi connectivity index (χ0v) is 11.8. The van der Waals surface area contributed by atoms with Crippen molar-refractivity contribution in [2.24, 2.45) is 0 Å². The molecule has 4 heteroatoms. The van der Waals surface area contributed by atoms with Crippen LogP contribution in [0.1, 0.15) is 24.3 Å². The molecular formula is C17H17F2NO. The summed E-state index contributed by atoms with van der Waals surface area (Å²) in [5.41, 5.74) is 1.47. The molecular weight excluding hydrogens is 272 g/mol. The van der Waals surface area contributed by atoms with Gasteiger partial charge in [0.1, 0.15) is 5.75 Å². The van der Waals surface area contributed by atoms with Gasteiger partial charge in [0.15, 0.2) is 11.6 Å². The first kappa shape index (κ1) is 13.9. The highest BCUT2D eigenvalue weighted by Gasteiger charge is 2.31. The van der Waals surface area contributed by atoms with E-state index in [9.17, 15) is 8.78 Å². The number of hydrogen-bond donors (Lipinski definition) is 1. The highest BCUT2D eigenvalue weighted by molar-refractivity contribution is 5.47. The van der Waals surface area contributed by atoms with E-state index in [1.54, 1.807) is 13.2 Å². The summed E-state index contributed by atoms with van der Waals surface area (Å²) in [5, 5.41) is 3.07. The average Bonchev–Trinajstić information content (AvgIpc) is 2.46. The van der Waals surface area contributed by atoms with Crippen LogP contribution in [-0.4, -0.2) is 13.2 Å². The van der Waals surface area contributed by atoms with E-state index in [-0.39, 0.29) is 11.7 Å². The monoisotopic (exact) mass is 289 g/mol. The number of anilines is 1. The minimum atomic E-state index is -0.816. The van der Waals surface area contributed by atoms with Gasteiger partial charge in [-0.05, 0) is 48.6 Å². The number of benzene rings is 2. The molecule has 1 N–H and O–H groups in total. The van der Waals surface area contributed by atoms with Gasteiger partial charge in [-0.15, -0.1) is 0 Å². The maximum absolute atomic E-state index is 13.6. The molecule has 1 aliphatic rings. The van der Waals surface area contributed by atoms with E-state index < -0.39 is 11.6 Å². The number of nitrogens with one attached hydrogen (secondary N) is 1. The third-order valence-corrected chi connectivity index (χ3v) is 4.01. The molecule has 0 saturated heterocycles. The molecule has 0 spiro atoms. The second-order valence-corrected chi connectivity index (χ2v) is 5.39. The number of hydrogen-bond acceptors (Lipinski definition) is 2. The lowest BCUT2D eigenvalue weighted by Crippen LogP contribution is -2.34. The number of methoxy groups -OCH3 is 1. The zero-order chi connectivity index (χ0) is 14.8. The minimum Gasteiger partial charge on any atom is -0.497 e. The molecule has 1 fully saturated rings. The summed E-state index contributed by atoms with van der Waals surface area (Å²) in [6.45, 7) is 0. The van der Waals surface area contributed by atoms with E-state index in [1.165, 1.54) is 11.6 Å². The van der Waals surface area contributed by atoms with Gasteiger partial charge in [0.25, 0.3) is 0 Å². The van der Waals surface area contributed by atoms with Crippen LogP contribution in [0, 0.1) is 11.6 Å². The van der Waals surface area contributed by atoms with E-state index in [0.29, 0.717) is 5.92 Å². The van der Waals surface area contributed by atoms with Gasteiger partial charge < -0.3 is 10.1 Å². The standard InChI is InChI=1S/C17H17F2NO/c1-21-14-5-2-4-11(10-14)12-8-13(9-12)20-16-7-3-6-15(18)17(16)19/h2-7,10,12-13,20H,8-9H2,1H3. The average molecular weight is 289 g/mol. The summed E-state index contributed by atoms with van der Waals surface area (Å²) in [7, 11) is 1.65. The van der Waals surface area contributed by atoms with Gasteiger partial charge in [0.05, 0.1) is 12.8 Å². The van der Waals surface area contributed by atoms with Crippen molar-refractivity contribution in [1.29, 1.82) is 0 Å². The highest BCUT2D eigenvalue weighted by Crippen LogP contribution is 2.39. The zero-order valence-electron chi connectivity index (χ0n) is 11.8. The molecule has 3 rings (SSSR count). The summed E-state index contributed by atoms with van der Waals surface area (Å²) in [6, 6.07) is 12.4. The van der Waals surface area contributed by atoms with Crippen molar-refractivity contribution in [2.45, 2.75) is 24.8 Å². The summed E-state index contributed by atoms with van der Waals surface area (Å²) < 4.78 is 32.0. The van der Waals surface area contributed by atoms with Gasteiger partial charge in [0, 0.05) is 6.04 Å². The van der Waals surface area contributed by atoms with Crippen molar-refractivity contribution in [1.82, 2.24) is 0 Å². The Hall–Kier alpha value is -2.10. The molecule has 0 bridgehead atoms. The lowest BCUT2D eigenvalue weighted by molar-refractivity contribution is 0.368. The van der Waals surface area contributed by atoms with E-state index in [1.807, 2.05) is 18.2 Å². The predicted octanol–water partition coefficient (Wildman–Crippen LogP) is 4.33. The molecule has 0 atom stereocenters. The Kier molecular flexibility index (Phi) is 3.78. The molecule has 110 valence electrons. The fraction of sp³-hybridized carbons (Fsp3) is 0.294. The van der Waals surface area contributed by atoms with Crippen LogP contribution in [0.25, 0.3) is 0 Å². The molecule has 2 aromatic carbocycles. The van der Waals surface area contributed by atoms with Gasteiger partial charge in [0.2, 0.25) is 0 Å². The molecule has 0 radical (unpaired) electrons. The molecule has 0 amide bonds. The van der Waals surface area contributed by atoms with Crippen LogP contribution < -0.4 is 10.1 Å². The van der Waals surface area contributed by atoms with Crippen LogP contribution in [0.15, 0.2) is 42.5 Å². The summed E-state index contributed by atoms with van der Waals surface area (Å²) in [4.78, 5) is 0. The van der Waals surface area contributed by atoms with Crippen LogP contribution >= 0.6 is 0 Å². The smallest absolute Gasteiger partial charge is 0.181 e. The molecule has 21 heavy (non-hydrogen) atoms. The molecule has 0 unspecified atom stereocenters. The SMILES string of the molecule is COc1cccc(C2CC(Nc3cccc(F)c3F)C2)c1. The van der Waals surface area contributed by atoms with Crippen LogP contribution in [0.4, 0.5) is 14.5 Å². The highest BCUT2D eigenvalue weighted by atomic mass is 19.2. The van der Waals surface area contributed by atoms with Gasteiger partial charge in [-0.3, -0.25) is 0 Å². The quantitative estimate of drug-likeness (QED) is 0.904. The summed E-state index contributed by atoms with van der Waals surface area (Å²) >= 11 is 0. The molecule has 1 saturated carbocycles. The minimum absolute atomic E-state index is 0.178. The predicted molar refractivity (Wildman–Crippen MR) is 78.7 cm³/mol. The van der Waals surface area contributed by atoms with Crippen molar-refractivity contribution < 1.29 is 13.5 Å². The fourth-order valence-corrected chi connectivity index (χ4v) is 2.74. The first-order chi connectivity index (χ1) is 10.2. The number of rotatable bonds is 4. The molecule has 0 aromatic heterocycles. The normalized spacial score (nSPS) is 20.7. The molecule has 2 nitrogen and oxygen atoms in total. The molecule has 0 heterocycles. The Morgan fingerprint density at radius 2 is 1.86 bits per heavy atom. The van der Waals surface area contributed by atoms with Crippen molar-refractivity contribution in [2.75, 3.05) is 12.4 Å². The van der Waals surface area contributed by atoms with Crippen LogP contribution in [0.5, 0.6) is 5.75 Å². The molecule has 2 aromatic rings. The fourth-order valence-electron chi connectivity index (χ4n) is 2.74. The van der Waals surface area contributed by atoms with Crippen LogP contribution in [-0.2, 0) is 0 Å². The third-order valence-electron chi connectivity index (χ3n) is 4.01. The lowest BCUT2D eigenvalue weighted by Gasteiger charge is -2.37. The van der Waals surface area contributed by atoms with E-state index in [2.05, 4.69) is 11.4 Å². The number of halogens is 2. The van der Waals surface area contributed by atoms with Crippen molar-refractivity contribution in [3.8, 4) is 5.75 Å². The molecule has 1 aliphatic carbocycles. The first-order valence-electron chi connectivity index (χ1n) is 7.02. The van der Waals surface area contributed by atoms with Crippen molar-refractivity contribution >= 4 is 5.69 Å². The Balaban J connectivity index is 1.62. The second-order valence-electron chi connectivity index (χ2n) is 5.39. The Labute approximate surface area is 122 Å². The Bertz CT molecular complexity index is 638. The maximum Gasteiger partial charge on any atom is 0.181 e. The number of ether oxygens (including phenoxy) is 1.